The van der Waals surface area contributed by atoms with E-state index in [2.05, 4.69) is 5.32 Å². The summed E-state index contributed by atoms with van der Waals surface area (Å²) in [4.78, 5) is 23.5. The molecule has 24 heavy (non-hydrogen) atoms. The Morgan fingerprint density at radius 2 is 1.92 bits per heavy atom. The zero-order chi connectivity index (χ0) is 17.4. The van der Waals surface area contributed by atoms with Crippen LogP contribution in [0.15, 0.2) is 48.5 Å². The minimum Gasteiger partial charge on any atom is -0.490 e. The van der Waals surface area contributed by atoms with Gasteiger partial charge in [-0.15, -0.1) is 0 Å². The lowest BCUT2D eigenvalue weighted by Gasteiger charge is -2.09. The van der Waals surface area contributed by atoms with Crippen molar-refractivity contribution >= 4 is 17.6 Å². The summed E-state index contributed by atoms with van der Waals surface area (Å²) in [7, 11) is 0. The summed E-state index contributed by atoms with van der Waals surface area (Å²) in [5.41, 5.74) is 0.841. The van der Waals surface area contributed by atoms with E-state index in [-0.39, 0.29) is 31.3 Å². The van der Waals surface area contributed by atoms with Crippen LogP contribution >= 0.6 is 0 Å². The number of nitrogens with one attached hydrogen (secondary N) is 1. The summed E-state index contributed by atoms with van der Waals surface area (Å²) >= 11 is 0. The number of anilines is 1. The van der Waals surface area contributed by atoms with E-state index in [0.717, 1.165) is 0 Å². The fourth-order valence-corrected chi connectivity index (χ4v) is 1.98. The van der Waals surface area contributed by atoms with Crippen molar-refractivity contribution in [3.8, 4) is 5.75 Å². The van der Waals surface area contributed by atoms with Crippen molar-refractivity contribution in [2.75, 3.05) is 18.5 Å². The molecule has 6 heteroatoms. The van der Waals surface area contributed by atoms with Crippen molar-refractivity contribution in [2.24, 2.45) is 0 Å². The Hall–Kier alpha value is -2.89. The molecule has 0 saturated heterocycles. The molecule has 0 radical (unpaired) electrons. The molecule has 2 aromatic rings. The number of hydrogen-bond donors (Lipinski definition) is 1. The molecule has 0 aliphatic rings. The lowest BCUT2D eigenvalue weighted by Crippen LogP contribution is -2.16. The lowest BCUT2D eigenvalue weighted by atomic mass is 10.2. The zero-order valence-corrected chi connectivity index (χ0v) is 13.3. The van der Waals surface area contributed by atoms with Crippen LogP contribution in [0.4, 0.5) is 10.1 Å². The van der Waals surface area contributed by atoms with E-state index in [9.17, 15) is 14.0 Å². The predicted octanol–water partition coefficient (Wildman–Crippen LogP) is 3.41. The zero-order valence-electron chi connectivity index (χ0n) is 13.3. The largest absolute Gasteiger partial charge is 0.490 e. The standard InChI is InChI=1S/C18H18FNO4/c1-2-23-18(22)13-6-5-7-14(12-13)20-17(21)10-11-24-16-9-4-3-8-15(16)19/h3-9,12H,2,10-11H2,1H3,(H,20,21). The molecule has 0 unspecified atom stereocenters. The molecule has 5 nitrogen and oxygen atoms in total. The molecule has 0 heterocycles. The van der Waals surface area contributed by atoms with E-state index in [1.165, 1.54) is 18.2 Å². The maximum Gasteiger partial charge on any atom is 0.338 e. The number of benzene rings is 2. The van der Waals surface area contributed by atoms with E-state index in [4.69, 9.17) is 9.47 Å². The predicted molar refractivity (Wildman–Crippen MR) is 87.5 cm³/mol. The first kappa shape index (κ1) is 17.5. The highest BCUT2D eigenvalue weighted by Gasteiger charge is 2.09. The van der Waals surface area contributed by atoms with Crippen LogP contribution in [0.1, 0.15) is 23.7 Å². The molecule has 2 aromatic carbocycles. The Morgan fingerprint density at radius 1 is 1.12 bits per heavy atom. The highest BCUT2D eigenvalue weighted by atomic mass is 19.1. The smallest absolute Gasteiger partial charge is 0.338 e. The van der Waals surface area contributed by atoms with Gasteiger partial charge < -0.3 is 14.8 Å². The number of carbonyl (C=O) groups excluding carboxylic acids is 2. The summed E-state index contributed by atoms with van der Waals surface area (Å²) < 4.78 is 23.5. The van der Waals surface area contributed by atoms with Crippen molar-refractivity contribution in [3.63, 3.8) is 0 Å². The van der Waals surface area contributed by atoms with Crippen molar-refractivity contribution in [1.29, 1.82) is 0 Å². The molecule has 0 spiro atoms. The number of amides is 1. The minimum absolute atomic E-state index is 0.0460. The Balaban J connectivity index is 1.85. The molecule has 0 bridgehead atoms. The van der Waals surface area contributed by atoms with Gasteiger partial charge in [0.05, 0.1) is 25.2 Å². The van der Waals surface area contributed by atoms with Crippen molar-refractivity contribution in [2.45, 2.75) is 13.3 Å². The summed E-state index contributed by atoms with van der Waals surface area (Å²) in [5, 5.41) is 2.66. The quantitative estimate of drug-likeness (QED) is 0.790. The summed E-state index contributed by atoms with van der Waals surface area (Å²) in [6.07, 6.45) is 0.0535. The number of esters is 1. The van der Waals surface area contributed by atoms with E-state index in [0.29, 0.717) is 11.3 Å². The van der Waals surface area contributed by atoms with Gasteiger partial charge in [-0.05, 0) is 37.3 Å². The molecule has 0 aliphatic carbocycles. The topological polar surface area (TPSA) is 64.6 Å². The summed E-state index contributed by atoms with van der Waals surface area (Å²) in [6, 6.07) is 12.5. The first-order valence-electron chi connectivity index (χ1n) is 7.54. The molecule has 1 N–H and O–H groups in total. The van der Waals surface area contributed by atoms with Crippen LogP contribution in [0.25, 0.3) is 0 Å². The molecule has 1 amide bonds. The maximum absolute atomic E-state index is 13.4. The summed E-state index contributed by atoms with van der Waals surface area (Å²) in [5.74, 6) is -1.11. The first-order valence-corrected chi connectivity index (χ1v) is 7.54. The SMILES string of the molecule is CCOC(=O)c1cccc(NC(=O)CCOc2ccccc2F)c1. The second-order valence-electron chi connectivity index (χ2n) is 4.88. The third-order valence-electron chi connectivity index (χ3n) is 3.08. The molecule has 0 atom stereocenters. The molecule has 126 valence electrons. The van der Waals surface area contributed by atoms with Gasteiger partial charge in [-0.3, -0.25) is 4.79 Å². The second kappa shape index (κ2) is 8.67. The van der Waals surface area contributed by atoms with Crippen molar-refractivity contribution < 1.29 is 23.5 Å². The average Bonchev–Trinajstić information content (AvgIpc) is 2.57. The normalized spacial score (nSPS) is 10.1. The van der Waals surface area contributed by atoms with E-state index >= 15 is 0 Å². The molecule has 0 aromatic heterocycles. The number of para-hydroxylation sites is 1. The van der Waals surface area contributed by atoms with Crippen molar-refractivity contribution in [1.82, 2.24) is 0 Å². The highest BCUT2D eigenvalue weighted by molar-refractivity contribution is 5.94. The van der Waals surface area contributed by atoms with Gasteiger partial charge in [0, 0.05) is 5.69 Å². The highest BCUT2D eigenvalue weighted by Crippen LogP contribution is 2.16. The van der Waals surface area contributed by atoms with Gasteiger partial charge in [-0.1, -0.05) is 18.2 Å². The monoisotopic (exact) mass is 331 g/mol. The second-order valence-corrected chi connectivity index (χ2v) is 4.88. The van der Waals surface area contributed by atoms with Crippen LogP contribution in [-0.4, -0.2) is 25.1 Å². The Labute approximate surface area is 139 Å². The van der Waals surface area contributed by atoms with Gasteiger partial charge in [-0.2, -0.15) is 0 Å². The molecule has 0 fully saturated rings. The number of halogens is 1. The van der Waals surface area contributed by atoms with Crippen molar-refractivity contribution in [3.05, 3.63) is 59.9 Å². The Morgan fingerprint density at radius 3 is 2.67 bits per heavy atom. The lowest BCUT2D eigenvalue weighted by molar-refractivity contribution is -0.116. The summed E-state index contributed by atoms with van der Waals surface area (Å²) in [6.45, 7) is 2.05. The van der Waals surface area contributed by atoms with Crippen LogP contribution in [-0.2, 0) is 9.53 Å². The number of hydrogen-bond acceptors (Lipinski definition) is 4. The van der Waals surface area contributed by atoms with Crippen LogP contribution in [0, 0.1) is 5.82 Å². The van der Waals surface area contributed by atoms with Gasteiger partial charge in [-0.25, -0.2) is 9.18 Å². The molecular weight excluding hydrogens is 313 g/mol. The molecular formula is C18H18FNO4. The molecule has 2 rings (SSSR count). The number of rotatable bonds is 7. The average molecular weight is 331 g/mol. The van der Waals surface area contributed by atoms with Gasteiger partial charge in [0.1, 0.15) is 0 Å². The van der Waals surface area contributed by atoms with E-state index in [1.807, 2.05) is 0 Å². The Kier molecular flexibility index (Phi) is 6.31. The van der Waals surface area contributed by atoms with Crippen LogP contribution in [0.2, 0.25) is 0 Å². The minimum atomic E-state index is -0.472. The third-order valence-corrected chi connectivity index (χ3v) is 3.08. The third kappa shape index (κ3) is 5.08. The first-order chi connectivity index (χ1) is 11.6. The van der Waals surface area contributed by atoms with Crippen LogP contribution < -0.4 is 10.1 Å². The number of ether oxygens (including phenoxy) is 2. The molecule has 0 saturated carbocycles. The van der Waals surface area contributed by atoms with Crippen LogP contribution in [0.3, 0.4) is 0 Å². The van der Waals surface area contributed by atoms with E-state index < -0.39 is 11.8 Å². The number of carbonyl (C=O) groups is 2. The van der Waals surface area contributed by atoms with Gasteiger partial charge in [0.15, 0.2) is 11.6 Å². The Bertz CT molecular complexity index is 718. The fourth-order valence-electron chi connectivity index (χ4n) is 1.98. The molecule has 0 aliphatic heterocycles. The van der Waals surface area contributed by atoms with Gasteiger partial charge in [0.25, 0.3) is 0 Å². The fraction of sp³-hybridized carbons (Fsp3) is 0.222. The maximum atomic E-state index is 13.4. The van der Waals surface area contributed by atoms with Gasteiger partial charge >= 0.3 is 5.97 Å². The van der Waals surface area contributed by atoms with Gasteiger partial charge in [0.2, 0.25) is 5.91 Å². The van der Waals surface area contributed by atoms with Crippen LogP contribution in [0.5, 0.6) is 5.75 Å². The van der Waals surface area contributed by atoms with E-state index in [1.54, 1.807) is 37.3 Å².